The fraction of sp³-hybridized carbons (Fsp3) is 0.640. The number of carbonyl (C=O) groups is 2. The second-order valence-corrected chi connectivity index (χ2v) is 11.2. The number of hydrogen-bond acceptors (Lipinski definition) is 8. The zero-order valence-corrected chi connectivity index (χ0v) is 21.7. The molecule has 3 atom stereocenters. The summed E-state index contributed by atoms with van der Waals surface area (Å²) in [6, 6.07) is -0.772. The number of hydrogen-bond donors (Lipinski definition) is 2. The Hall–Kier alpha value is -3.72. The first-order valence-electron chi connectivity index (χ1n) is 13.5. The van der Waals surface area contributed by atoms with Gasteiger partial charge in [0.2, 0.25) is 11.8 Å². The number of carbonyl (C=O) groups excluding carboxylic acids is 2. The summed E-state index contributed by atoms with van der Waals surface area (Å²) < 4.78 is 73.7. The molecule has 0 unspecified atom stereocenters. The number of amides is 2. The predicted molar refractivity (Wildman–Crippen MR) is 129 cm³/mol. The van der Waals surface area contributed by atoms with Gasteiger partial charge in [0.05, 0.1) is 35.7 Å². The summed E-state index contributed by atoms with van der Waals surface area (Å²) in [6.07, 6.45) is -0.657. The van der Waals surface area contributed by atoms with Crippen molar-refractivity contribution in [2.75, 3.05) is 6.54 Å². The molecular formula is C25H27F5N8O3. The lowest BCUT2D eigenvalue weighted by Gasteiger charge is -2.33. The van der Waals surface area contributed by atoms with Crippen molar-refractivity contribution < 1.29 is 36.2 Å². The maximum Gasteiger partial charge on any atom is 0.393 e. The van der Waals surface area contributed by atoms with Gasteiger partial charge in [0.1, 0.15) is 5.69 Å². The lowest BCUT2D eigenvalue weighted by Crippen LogP contribution is -2.47. The highest BCUT2D eigenvalue weighted by atomic mass is 19.4. The molecule has 4 heterocycles. The van der Waals surface area contributed by atoms with Gasteiger partial charge in [0, 0.05) is 37.6 Å². The first-order valence-corrected chi connectivity index (χ1v) is 13.5. The van der Waals surface area contributed by atoms with E-state index in [2.05, 4.69) is 36.0 Å². The number of rotatable bonds is 7. The minimum atomic E-state index is -4.43. The number of fused-ring (bicyclic) bond motifs is 1. The van der Waals surface area contributed by atoms with E-state index in [1.807, 2.05) is 0 Å². The maximum atomic E-state index is 14.0. The molecule has 3 aliphatic rings. The Bertz CT molecular complexity index is 1440. The Morgan fingerprint density at radius 2 is 1.95 bits per heavy atom. The Morgan fingerprint density at radius 1 is 1.20 bits per heavy atom. The lowest BCUT2D eigenvalue weighted by molar-refractivity contribution is -0.183. The third kappa shape index (κ3) is 5.86. The van der Waals surface area contributed by atoms with E-state index >= 15 is 0 Å². The largest absolute Gasteiger partial charge is 0.393 e. The van der Waals surface area contributed by atoms with E-state index in [0.717, 1.165) is 12.8 Å². The Morgan fingerprint density at radius 3 is 2.66 bits per heavy atom. The maximum absolute atomic E-state index is 14.0. The number of aromatic nitrogens is 6. The summed E-state index contributed by atoms with van der Waals surface area (Å²) in [5.41, 5.74) is 1.12. The number of alkyl halides is 5. The normalized spacial score (nSPS) is 24.3. The van der Waals surface area contributed by atoms with Crippen LogP contribution in [-0.4, -0.2) is 60.4 Å². The highest BCUT2D eigenvalue weighted by molar-refractivity contribution is 5.93. The minimum absolute atomic E-state index is 0.0452. The average molecular weight is 583 g/mol. The van der Waals surface area contributed by atoms with Gasteiger partial charge in [-0.2, -0.15) is 18.3 Å². The third-order valence-corrected chi connectivity index (χ3v) is 8.17. The molecule has 2 amide bonds. The second kappa shape index (κ2) is 10.3. The van der Waals surface area contributed by atoms with Crippen molar-refractivity contribution in [2.24, 2.45) is 17.8 Å². The van der Waals surface area contributed by atoms with Crippen molar-refractivity contribution in [3.05, 3.63) is 35.2 Å². The molecule has 2 aliphatic carbocycles. The molecule has 2 N–H and O–H groups in total. The van der Waals surface area contributed by atoms with Crippen LogP contribution in [0.2, 0.25) is 0 Å². The molecule has 0 spiro atoms. The van der Waals surface area contributed by atoms with E-state index in [-0.39, 0.29) is 67.5 Å². The monoisotopic (exact) mass is 582 g/mol. The van der Waals surface area contributed by atoms with Crippen LogP contribution in [0.3, 0.4) is 0 Å². The highest BCUT2D eigenvalue weighted by Gasteiger charge is 2.45. The van der Waals surface area contributed by atoms with Crippen molar-refractivity contribution in [1.82, 2.24) is 40.5 Å². The van der Waals surface area contributed by atoms with Crippen LogP contribution >= 0.6 is 0 Å². The SMILES string of the molecule is O=C(N[C@H](c1cn2nc(C[C@H]3C[C@@H](C(F)(F)F)CNC3=O)cnc2n1)C1CCC(F)(F)CC1)c1nonc1C1CC1. The standard InChI is InChI=1S/C25H27F5N8O3/c26-24(27)5-3-13(4-6-24)18(34-22(40)20-19(12-1-2-12)36-41-37-20)17-11-38-23(33-17)32-10-16(35-38)8-14-7-15(25(28,29)30)9-31-21(14)39/h10-15,18H,1-9H2,(H,31,39)(H,34,40)/t14-,15-,18+/m1/s1. The molecule has 0 radical (unpaired) electrons. The zero-order chi connectivity index (χ0) is 28.9. The van der Waals surface area contributed by atoms with Crippen LogP contribution in [0.4, 0.5) is 22.0 Å². The first kappa shape index (κ1) is 27.4. The summed E-state index contributed by atoms with van der Waals surface area (Å²) >= 11 is 0. The van der Waals surface area contributed by atoms with E-state index in [1.54, 1.807) is 0 Å². The van der Waals surface area contributed by atoms with Gasteiger partial charge >= 0.3 is 6.18 Å². The Kier molecular flexibility index (Phi) is 6.88. The van der Waals surface area contributed by atoms with Gasteiger partial charge in [0.15, 0.2) is 5.69 Å². The zero-order valence-electron chi connectivity index (χ0n) is 21.7. The van der Waals surface area contributed by atoms with Crippen LogP contribution in [0.5, 0.6) is 0 Å². The fourth-order valence-corrected chi connectivity index (χ4v) is 5.68. The van der Waals surface area contributed by atoms with Gasteiger partial charge in [0.25, 0.3) is 11.7 Å². The highest BCUT2D eigenvalue weighted by Crippen LogP contribution is 2.43. The predicted octanol–water partition coefficient (Wildman–Crippen LogP) is 3.54. The van der Waals surface area contributed by atoms with Gasteiger partial charge in [-0.15, -0.1) is 0 Å². The molecule has 3 aromatic rings. The van der Waals surface area contributed by atoms with Crippen LogP contribution in [-0.2, 0) is 11.2 Å². The van der Waals surface area contributed by atoms with Crippen molar-refractivity contribution >= 4 is 17.6 Å². The number of halogens is 5. The van der Waals surface area contributed by atoms with Crippen LogP contribution in [0, 0.1) is 17.8 Å². The van der Waals surface area contributed by atoms with Crippen LogP contribution < -0.4 is 10.6 Å². The second-order valence-electron chi connectivity index (χ2n) is 11.2. The first-order chi connectivity index (χ1) is 19.5. The lowest BCUT2D eigenvalue weighted by atomic mass is 9.81. The van der Waals surface area contributed by atoms with Crippen molar-refractivity contribution in [3.8, 4) is 0 Å². The molecule has 16 heteroatoms. The number of nitrogens with zero attached hydrogens (tertiary/aromatic N) is 6. The molecule has 3 fully saturated rings. The van der Waals surface area contributed by atoms with Crippen LogP contribution in [0.1, 0.15) is 84.5 Å². The molecule has 11 nitrogen and oxygen atoms in total. The van der Waals surface area contributed by atoms with Gasteiger partial charge in [-0.25, -0.2) is 27.9 Å². The van der Waals surface area contributed by atoms with Crippen LogP contribution in [0.25, 0.3) is 5.78 Å². The average Bonchev–Trinajstić information content (AvgIpc) is 3.48. The van der Waals surface area contributed by atoms with E-state index < -0.39 is 48.3 Å². The molecule has 3 aromatic heterocycles. The number of imidazole rings is 1. The van der Waals surface area contributed by atoms with Crippen molar-refractivity contribution in [2.45, 2.75) is 75.4 Å². The van der Waals surface area contributed by atoms with E-state index in [4.69, 9.17) is 4.63 Å². The van der Waals surface area contributed by atoms with Gasteiger partial charge in [-0.3, -0.25) is 9.59 Å². The molecule has 6 rings (SSSR count). The van der Waals surface area contributed by atoms with Crippen molar-refractivity contribution in [1.29, 1.82) is 0 Å². The van der Waals surface area contributed by atoms with Crippen molar-refractivity contribution in [3.63, 3.8) is 0 Å². The third-order valence-electron chi connectivity index (χ3n) is 8.17. The topological polar surface area (TPSA) is 140 Å². The summed E-state index contributed by atoms with van der Waals surface area (Å²) in [4.78, 5) is 34.2. The molecule has 2 saturated carbocycles. The van der Waals surface area contributed by atoms with Gasteiger partial charge in [-0.1, -0.05) is 5.16 Å². The summed E-state index contributed by atoms with van der Waals surface area (Å²) in [7, 11) is 0. The van der Waals surface area contributed by atoms with Gasteiger partial charge < -0.3 is 10.6 Å². The summed E-state index contributed by atoms with van der Waals surface area (Å²) in [6.45, 7) is -0.457. The minimum Gasteiger partial charge on any atom is -0.355 e. The molecule has 0 bridgehead atoms. The smallest absolute Gasteiger partial charge is 0.355 e. The van der Waals surface area contributed by atoms with E-state index in [0.29, 0.717) is 11.4 Å². The van der Waals surface area contributed by atoms with E-state index in [9.17, 15) is 31.5 Å². The number of piperidine rings is 1. The molecule has 1 saturated heterocycles. The molecular weight excluding hydrogens is 555 g/mol. The molecule has 0 aromatic carbocycles. The van der Waals surface area contributed by atoms with Crippen LogP contribution in [0.15, 0.2) is 17.0 Å². The Balaban J connectivity index is 1.24. The fourth-order valence-electron chi connectivity index (χ4n) is 5.68. The Labute approximate surface area is 229 Å². The molecule has 220 valence electrons. The molecule has 41 heavy (non-hydrogen) atoms. The quantitative estimate of drug-likeness (QED) is 0.403. The molecule has 1 aliphatic heterocycles. The van der Waals surface area contributed by atoms with Gasteiger partial charge in [-0.05, 0) is 43.2 Å². The van der Waals surface area contributed by atoms with E-state index in [1.165, 1.54) is 16.9 Å². The number of nitrogens with one attached hydrogen (secondary N) is 2. The summed E-state index contributed by atoms with van der Waals surface area (Å²) in [5, 5.41) is 17.2. The summed E-state index contributed by atoms with van der Waals surface area (Å²) in [5.74, 6) is -6.53.